The van der Waals surface area contributed by atoms with Crippen LogP contribution in [0.4, 0.5) is 5.69 Å². The van der Waals surface area contributed by atoms with Gasteiger partial charge in [0, 0.05) is 23.5 Å². The van der Waals surface area contributed by atoms with Gasteiger partial charge in [-0.3, -0.25) is 9.20 Å². The van der Waals surface area contributed by atoms with Gasteiger partial charge in [0.15, 0.2) is 0 Å². The predicted octanol–water partition coefficient (Wildman–Crippen LogP) is 4.63. The molecule has 4 rings (SSSR count). The van der Waals surface area contributed by atoms with Crippen LogP contribution in [0, 0.1) is 0 Å². The molecule has 128 valence electrons. The molecule has 4 nitrogen and oxygen atoms in total. The van der Waals surface area contributed by atoms with Crippen molar-refractivity contribution in [2.24, 2.45) is 0 Å². The van der Waals surface area contributed by atoms with E-state index < -0.39 is 0 Å². The number of halogens is 1. The molecule has 0 unspecified atom stereocenters. The van der Waals surface area contributed by atoms with Gasteiger partial charge in [-0.05, 0) is 23.8 Å². The standard InChI is InChI=1S/C21H16ClN3O/c22-16-10-11-20-24-17(12-21(26)25(20)14-16)13-23-19-9-5-4-8-18(19)15-6-2-1-3-7-15/h1-12,14,23H,13H2. The number of anilines is 1. The van der Waals surface area contributed by atoms with Crippen LogP contribution >= 0.6 is 11.6 Å². The van der Waals surface area contributed by atoms with E-state index in [9.17, 15) is 4.79 Å². The predicted molar refractivity (Wildman–Crippen MR) is 106 cm³/mol. The molecule has 0 atom stereocenters. The van der Waals surface area contributed by atoms with Gasteiger partial charge in [0.05, 0.1) is 17.3 Å². The lowest BCUT2D eigenvalue weighted by molar-refractivity contribution is 0.972. The van der Waals surface area contributed by atoms with Gasteiger partial charge >= 0.3 is 0 Å². The maximum absolute atomic E-state index is 12.3. The van der Waals surface area contributed by atoms with Crippen LogP contribution in [0.1, 0.15) is 5.69 Å². The monoisotopic (exact) mass is 361 g/mol. The van der Waals surface area contributed by atoms with E-state index in [1.54, 1.807) is 18.3 Å². The Bertz CT molecular complexity index is 1120. The first kappa shape index (κ1) is 16.4. The molecular weight excluding hydrogens is 346 g/mol. The second-order valence-corrected chi connectivity index (χ2v) is 6.36. The third-order valence-electron chi connectivity index (χ3n) is 4.15. The maximum atomic E-state index is 12.3. The fraction of sp³-hybridized carbons (Fsp3) is 0.0476. The summed E-state index contributed by atoms with van der Waals surface area (Å²) in [7, 11) is 0. The largest absolute Gasteiger partial charge is 0.379 e. The van der Waals surface area contributed by atoms with Gasteiger partial charge in [-0.25, -0.2) is 4.98 Å². The minimum atomic E-state index is -0.148. The summed E-state index contributed by atoms with van der Waals surface area (Å²) in [6, 6.07) is 23.3. The number of pyridine rings is 1. The Kier molecular flexibility index (Phi) is 4.42. The van der Waals surface area contributed by atoms with Crippen molar-refractivity contribution in [2.75, 3.05) is 5.32 Å². The lowest BCUT2D eigenvalue weighted by Gasteiger charge is -2.12. The molecule has 0 bridgehead atoms. The lowest BCUT2D eigenvalue weighted by atomic mass is 10.0. The molecule has 5 heteroatoms. The summed E-state index contributed by atoms with van der Waals surface area (Å²) in [6.45, 7) is 0.457. The van der Waals surface area contributed by atoms with Crippen LogP contribution in [-0.2, 0) is 6.54 Å². The number of nitrogens with one attached hydrogen (secondary N) is 1. The fourth-order valence-electron chi connectivity index (χ4n) is 2.91. The zero-order valence-corrected chi connectivity index (χ0v) is 14.6. The lowest BCUT2D eigenvalue weighted by Crippen LogP contribution is -2.16. The molecule has 0 spiro atoms. The van der Waals surface area contributed by atoms with E-state index in [1.165, 1.54) is 10.5 Å². The highest BCUT2D eigenvalue weighted by Gasteiger charge is 2.06. The molecule has 0 radical (unpaired) electrons. The van der Waals surface area contributed by atoms with Crippen LogP contribution < -0.4 is 10.9 Å². The second kappa shape index (κ2) is 7.02. The first-order valence-electron chi connectivity index (χ1n) is 8.27. The summed E-state index contributed by atoms with van der Waals surface area (Å²) in [4.78, 5) is 16.8. The van der Waals surface area contributed by atoms with Crippen molar-refractivity contribution in [2.45, 2.75) is 6.54 Å². The van der Waals surface area contributed by atoms with Crippen LogP contribution in [0.25, 0.3) is 16.8 Å². The van der Waals surface area contributed by atoms with E-state index in [0.29, 0.717) is 22.9 Å². The molecule has 0 aliphatic carbocycles. The highest BCUT2D eigenvalue weighted by molar-refractivity contribution is 6.30. The van der Waals surface area contributed by atoms with Crippen molar-refractivity contribution in [3.8, 4) is 11.1 Å². The molecule has 0 saturated heterocycles. The van der Waals surface area contributed by atoms with Crippen molar-refractivity contribution >= 4 is 22.9 Å². The maximum Gasteiger partial charge on any atom is 0.258 e. The van der Waals surface area contributed by atoms with Gasteiger partial charge in [0.25, 0.3) is 5.56 Å². The van der Waals surface area contributed by atoms with Crippen molar-refractivity contribution in [1.29, 1.82) is 0 Å². The van der Waals surface area contributed by atoms with E-state index in [0.717, 1.165) is 16.8 Å². The number of fused-ring (bicyclic) bond motifs is 1. The Morgan fingerprint density at radius 1 is 0.962 bits per heavy atom. The molecule has 2 aromatic heterocycles. The number of aromatic nitrogens is 2. The van der Waals surface area contributed by atoms with Gasteiger partial charge in [0.1, 0.15) is 5.65 Å². The normalized spacial score (nSPS) is 10.8. The number of nitrogens with zero attached hydrogens (tertiary/aromatic N) is 2. The van der Waals surface area contributed by atoms with Crippen LogP contribution in [0.2, 0.25) is 5.02 Å². The first-order chi connectivity index (χ1) is 12.7. The molecule has 0 amide bonds. The molecule has 0 fully saturated rings. The average molecular weight is 362 g/mol. The molecule has 26 heavy (non-hydrogen) atoms. The molecule has 0 saturated carbocycles. The average Bonchev–Trinajstić information content (AvgIpc) is 2.68. The Hall–Kier alpha value is -3.11. The molecule has 4 aromatic rings. The van der Waals surface area contributed by atoms with Gasteiger partial charge in [-0.1, -0.05) is 60.1 Å². The third-order valence-corrected chi connectivity index (χ3v) is 4.37. The highest BCUT2D eigenvalue weighted by atomic mass is 35.5. The SMILES string of the molecule is O=c1cc(CNc2ccccc2-c2ccccc2)nc2ccc(Cl)cn12. The minimum Gasteiger partial charge on any atom is -0.379 e. The molecular formula is C21H16ClN3O. The number of benzene rings is 2. The zero-order valence-electron chi connectivity index (χ0n) is 13.9. The Morgan fingerprint density at radius 3 is 2.58 bits per heavy atom. The molecule has 0 aliphatic rings. The van der Waals surface area contributed by atoms with Gasteiger partial charge in [-0.15, -0.1) is 0 Å². The summed E-state index contributed by atoms with van der Waals surface area (Å²) in [5.74, 6) is 0. The minimum absolute atomic E-state index is 0.148. The van der Waals surface area contributed by atoms with Crippen molar-refractivity contribution in [3.63, 3.8) is 0 Å². The third kappa shape index (κ3) is 3.32. The van der Waals surface area contributed by atoms with Crippen LogP contribution in [0.15, 0.2) is 83.8 Å². The Labute approximate surface area is 155 Å². The summed E-state index contributed by atoms with van der Waals surface area (Å²) >= 11 is 5.95. The van der Waals surface area contributed by atoms with Crippen molar-refractivity contribution in [1.82, 2.24) is 9.38 Å². The summed E-state index contributed by atoms with van der Waals surface area (Å²) < 4.78 is 1.45. The summed E-state index contributed by atoms with van der Waals surface area (Å²) in [5.41, 5.74) is 4.35. The number of para-hydroxylation sites is 1. The molecule has 2 aromatic carbocycles. The summed E-state index contributed by atoms with van der Waals surface area (Å²) in [5, 5.41) is 3.90. The smallest absolute Gasteiger partial charge is 0.258 e. The fourth-order valence-corrected chi connectivity index (χ4v) is 3.07. The van der Waals surface area contributed by atoms with E-state index in [-0.39, 0.29) is 5.56 Å². The topological polar surface area (TPSA) is 46.4 Å². The van der Waals surface area contributed by atoms with E-state index in [2.05, 4.69) is 28.5 Å². The second-order valence-electron chi connectivity index (χ2n) is 5.93. The highest BCUT2D eigenvalue weighted by Crippen LogP contribution is 2.27. The van der Waals surface area contributed by atoms with Gasteiger partial charge in [0.2, 0.25) is 0 Å². The number of rotatable bonds is 4. The van der Waals surface area contributed by atoms with Crippen LogP contribution in [-0.4, -0.2) is 9.38 Å². The number of hydrogen-bond donors (Lipinski definition) is 1. The van der Waals surface area contributed by atoms with Crippen molar-refractivity contribution < 1.29 is 0 Å². The number of hydrogen-bond acceptors (Lipinski definition) is 3. The van der Waals surface area contributed by atoms with E-state index in [4.69, 9.17) is 11.6 Å². The van der Waals surface area contributed by atoms with E-state index >= 15 is 0 Å². The Balaban J connectivity index is 1.63. The first-order valence-corrected chi connectivity index (χ1v) is 8.65. The Morgan fingerprint density at radius 2 is 1.73 bits per heavy atom. The quantitative estimate of drug-likeness (QED) is 0.576. The molecule has 2 heterocycles. The molecule has 1 N–H and O–H groups in total. The van der Waals surface area contributed by atoms with Gasteiger partial charge < -0.3 is 5.32 Å². The summed E-state index contributed by atoms with van der Waals surface area (Å²) in [6.07, 6.45) is 1.58. The molecule has 0 aliphatic heterocycles. The van der Waals surface area contributed by atoms with Crippen LogP contribution in [0.3, 0.4) is 0 Å². The van der Waals surface area contributed by atoms with Gasteiger partial charge in [-0.2, -0.15) is 0 Å². The van der Waals surface area contributed by atoms with E-state index in [1.807, 2.05) is 36.4 Å². The van der Waals surface area contributed by atoms with Crippen molar-refractivity contribution in [3.05, 3.63) is 100 Å². The van der Waals surface area contributed by atoms with Crippen LogP contribution in [0.5, 0.6) is 0 Å². The zero-order chi connectivity index (χ0) is 17.9.